The number of thioether (sulfide) groups is 1. The van der Waals surface area contributed by atoms with Crippen molar-refractivity contribution in [3.05, 3.63) is 84.4 Å². The molecular formula is C28H27N3O3S. The molecule has 0 spiro atoms. The van der Waals surface area contributed by atoms with Crippen molar-refractivity contribution in [1.82, 2.24) is 14.8 Å². The lowest BCUT2D eigenvalue weighted by Crippen LogP contribution is -2.17. The number of Topliss-reactive ketones (excluding diaryl/α,β-unsaturated/α-hetero) is 1. The van der Waals surface area contributed by atoms with Crippen molar-refractivity contribution < 1.29 is 14.3 Å². The van der Waals surface area contributed by atoms with Crippen molar-refractivity contribution in [3.8, 4) is 28.3 Å². The number of rotatable bonds is 9. The van der Waals surface area contributed by atoms with E-state index in [1.807, 2.05) is 66.7 Å². The van der Waals surface area contributed by atoms with Crippen LogP contribution in [0.1, 0.15) is 23.2 Å². The summed E-state index contributed by atoms with van der Waals surface area (Å²) < 4.78 is 13.2. The average Bonchev–Trinajstić information content (AvgIpc) is 3.58. The minimum atomic E-state index is 0.0623. The number of nitrogens with zero attached hydrogens (tertiary/aromatic N) is 3. The van der Waals surface area contributed by atoms with Gasteiger partial charge in [-0.05, 0) is 48.2 Å². The summed E-state index contributed by atoms with van der Waals surface area (Å²) in [4.78, 5) is 13.0. The van der Waals surface area contributed by atoms with Crippen molar-refractivity contribution in [2.75, 3.05) is 19.5 Å². The molecule has 1 aliphatic heterocycles. The topological polar surface area (TPSA) is 66.2 Å². The van der Waals surface area contributed by atoms with Crippen molar-refractivity contribution in [2.24, 2.45) is 0 Å². The number of hydrogen-bond acceptors (Lipinski definition) is 6. The van der Waals surface area contributed by atoms with Crippen LogP contribution in [0.4, 0.5) is 0 Å². The predicted octanol–water partition coefficient (Wildman–Crippen LogP) is 5.77. The van der Waals surface area contributed by atoms with Crippen molar-refractivity contribution in [3.63, 3.8) is 0 Å². The van der Waals surface area contributed by atoms with Gasteiger partial charge in [-0.2, -0.15) is 0 Å². The van der Waals surface area contributed by atoms with E-state index in [9.17, 15) is 4.79 Å². The quantitative estimate of drug-likeness (QED) is 0.221. The molecule has 6 nitrogen and oxygen atoms in total. The van der Waals surface area contributed by atoms with E-state index in [2.05, 4.69) is 26.9 Å². The molecule has 1 aliphatic rings. The summed E-state index contributed by atoms with van der Waals surface area (Å²) in [5.74, 6) is 1.91. The van der Waals surface area contributed by atoms with Crippen LogP contribution >= 0.6 is 11.8 Å². The van der Waals surface area contributed by atoms with E-state index < -0.39 is 0 Å². The van der Waals surface area contributed by atoms with Gasteiger partial charge in [0, 0.05) is 17.7 Å². The summed E-state index contributed by atoms with van der Waals surface area (Å²) in [6.07, 6.45) is 2.20. The van der Waals surface area contributed by atoms with Crippen LogP contribution in [0.15, 0.2) is 84.0 Å². The highest BCUT2D eigenvalue weighted by atomic mass is 32.2. The van der Waals surface area contributed by atoms with E-state index in [1.165, 1.54) is 11.8 Å². The Hall–Kier alpha value is -3.42. The van der Waals surface area contributed by atoms with Crippen LogP contribution in [0.2, 0.25) is 0 Å². The van der Waals surface area contributed by atoms with E-state index in [0.717, 1.165) is 52.9 Å². The number of carbonyl (C=O) groups excluding carboxylic acids is 1. The van der Waals surface area contributed by atoms with E-state index in [1.54, 1.807) is 7.11 Å². The maximum absolute atomic E-state index is 13.0. The van der Waals surface area contributed by atoms with E-state index >= 15 is 0 Å². The van der Waals surface area contributed by atoms with E-state index in [0.29, 0.717) is 12.1 Å². The Morgan fingerprint density at radius 3 is 2.37 bits per heavy atom. The van der Waals surface area contributed by atoms with Gasteiger partial charge in [-0.1, -0.05) is 66.4 Å². The number of hydrogen-bond donors (Lipinski definition) is 0. The highest BCUT2D eigenvalue weighted by Crippen LogP contribution is 2.28. The molecule has 1 fully saturated rings. The normalized spacial score (nSPS) is 15.3. The van der Waals surface area contributed by atoms with E-state index in [-0.39, 0.29) is 17.6 Å². The molecule has 0 bridgehead atoms. The van der Waals surface area contributed by atoms with Gasteiger partial charge in [0.05, 0.1) is 25.5 Å². The van der Waals surface area contributed by atoms with Gasteiger partial charge < -0.3 is 9.47 Å². The van der Waals surface area contributed by atoms with Gasteiger partial charge in [-0.25, -0.2) is 0 Å². The fraction of sp³-hybridized carbons (Fsp3) is 0.250. The molecule has 1 aromatic heterocycles. The zero-order chi connectivity index (χ0) is 24.0. The molecule has 1 atom stereocenters. The molecular weight excluding hydrogens is 458 g/mol. The Labute approximate surface area is 209 Å². The first-order valence-electron chi connectivity index (χ1n) is 11.7. The summed E-state index contributed by atoms with van der Waals surface area (Å²) >= 11 is 1.42. The Balaban J connectivity index is 1.32. The largest absolute Gasteiger partial charge is 0.497 e. The van der Waals surface area contributed by atoms with Crippen LogP contribution in [0.5, 0.6) is 5.75 Å². The number of carbonyl (C=O) groups is 1. The van der Waals surface area contributed by atoms with Gasteiger partial charge in [0.1, 0.15) is 5.75 Å². The zero-order valence-electron chi connectivity index (χ0n) is 19.6. The first-order chi connectivity index (χ1) is 17.2. The Morgan fingerprint density at radius 1 is 0.971 bits per heavy atom. The van der Waals surface area contributed by atoms with Gasteiger partial charge in [-0.3, -0.25) is 9.36 Å². The fourth-order valence-electron chi connectivity index (χ4n) is 4.20. The second-order valence-corrected chi connectivity index (χ2v) is 9.38. The SMILES string of the molecule is COc1ccc(-c2nnc(SCC(=O)c3ccc(-c4ccccc4)cc3)n2CC2CCCO2)cc1. The number of benzene rings is 3. The van der Waals surface area contributed by atoms with Gasteiger partial charge >= 0.3 is 0 Å². The summed E-state index contributed by atoms with van der Waals surface area (Å²) in [5, 5.41) is 9.62. The monoisotopic (exact) mass is 485 g/mol. The van der Waals surface area contributed by atoms with Crippen LogP contribution < -0.4 is 4.74 Å². The first-order valence-corrected chi connectivity index (χ1v) is 12.7. The molecule has 0 N–H and O–H groups in total. The second-order valence-electron chi connectivity index (χ2n) is 8.44. The van der Waals surface area contributed by atoms with Gasteiger partial charge in [0.25, 0.3) is 0 Å². The average molecular weight is 486 g/mol. The third-order valence-corrected chi connectivity index (χ3v) is 7.09. The Kier molecular flexibility index (Phi) is 7.25. The lowest BCUT2D eigenvalue weighted by atomic mass is 10.0. The molecule has 1 unspecified atom stereocenters. The highest BCUT2D eigenvalue weighted by molar-refractivity contribution is 7.99. The van der Waals surface area contributed by atoms with Gasteiger partial charge in [0.2, 0.25) is 0 Å². The number of ketones is 1. The van der Waals surface area contributed by atoms with E-state index in [4.69, 9.17) is 9.47 Å². The predicted molar refractivity (Wildman–Crippen MR) is 138 cm³/mol. The van der Waals surface area contributed by atoms with Crippen LogP contribution in [-0.2, 0) is 11.3 Å². The molecule has 178 valence electrons. The van der Waals surface area contributed by atoms with Gasteiger partial charge in [0.15, 0.2) is 16.8 Å². The standard InChI is InChI=1S/C28H27N3O3S/c1-33-24-15-13-23(14-16-24)27-29-30-28(31(27)18-25-8-5-17-34-25)35-19-26(32)22-11-9-21(10-12-22)20-6-3-2-4-7-20/h2-4,6-7,9-16,25H,5,8,17-19H2,1H3. The number of aromatic nitrogens is 3. The minimum absolute atomic E-state index is 0.0623. The minimum Gasteiger partial charge on any atom is -0.497 e. The maximum Gasteiger partial charge on any atom is 0.192 e. The molecule has 2 heterocycles. The molecule has 0 saturated carbocycles. The van der Waals surface area contributed by atoms with Crippen LogP contribution in [0, 0.1) is 0 Å². The van der Waals surface area contributed by atoms with Crippen LogP contribution in [0.25, 0.3) is 22.5 Å². The fourth-order valence-corrected chi connectivity index (χ4v) is 5.04. The maximum atomic E-state index is 13.0. The summed E-state index contributed by atoms with van der Waals surface area (Å²) in [6.45, 7) is 1.45. The third kappa shape index (κ3) is 5.47. The van der Waals surface area contributed by atoms with Crippen molar-refractivity contribution >= 4 is 17.5 Å². The molecule has 0 amide bonds. The molecule has 4 aromatic rings. The Bertz CT molecular complexity index is 1270. The molecule has 7 heteroatoms. The first kappa shape index (κ1) is 23.3. The smallest absolute Gasteiger partial charge is 0.192 e. The van der Waals surface area contributed by atoms with Crippen LogP contribution in [0.3, 0.4) is 0 Å². The molecule has 0 radical (unpaired) electrons. The summed E-state index contributed by atoms with van der Waals surface area (Å²) in [6, 6.07) is 25.7. The lowest BCUT2D eigenvalue weighted by Gasteiger charge is -2.15. The molecule has 0 aliphatic carbocycles. The third-order valence-electron chi connectivity index (χ3n) is 6.12. The molecule has 35 heavy (non-hydrogen) atoms. The highest BCUT2D eigenvalue weighted by Gasteiger charge is 2.22. The molecule has 5 rings (SSSR count). The zero-order valence-corrected chi connectivity index (χ0v) is 20.4. The number of methoxy groups -OCH3 is 1. The molecule has 3 aromatic carbocycles. The van der Waals surface area contributed by atoms with Gasteiger partial charge in [-0.15, -0.1) is 10.2 Å². The van der Waals surface area contributed by atoms with Crippen molar-refractivity contribution in [1.29, 1.82) is 0 Å². The number of ether oxygens (including phenoxy) is 2. The summed E-state index contributed by atoms with van der Waals surface area (Å²) in [5.41, 5.74) is 3.87. The Morgan fingerprint density at radius 2 is 1.69 bits per heavy atom. The second kappa shape index (κ2) is 10.9. The summed E-state index contributed by atoms with van der Waals surface area (Å²) in [7, 11) is 1.65. The molecule has 1 saturated heterocycles. The van der Waals surface area contributed by atoms with Crippen LogP contribution in [-0.4, -0.2) is 46.1 Å². The van der Waals surface area contributed by atoms with Crippen molar-refractivity contribution in [2.45, 2.75) is 30.6 Å². The lowest BCUT2D eigenvalue weighted by molar-refractivity contribution is 0.0953.